The van der Waals surface area contributed by atoms with Gasteiger partial charge in [0, 0.05) is 30.1 Å². The van der Waals surface area contributed by atoms with Crippen molar-refractivity contribution in [1.29, 1.82) is 0 Å². The Bertz CT molecular complexity index is 830. The van der Waals surface area contributed by atoms with Crippen LogP contribution in [0.2, 0.25) is 0 Å². The summed E-state index contributed by atoms with van der Waals surface area (Å²) in [6.07, 6.45) is 3.49. The number of carbonyl (C=O) groups is 2. The Morgan fingerprint density at radius 3 is 2.31 bits per heavy atom. The van der Waals surface area contributed by atoms with E-state index < -0.39 is 0 Å². The molecule has 1 fully saturated rings. The van der Waals surface area contributed by atoms with Crippen LogP contribution < -0.4 is 15.4 Å². The molecule has 6 heteroatoms. The van der Waals surface area contributed by atoms with Gasteiger partial charge in [0.15, 0.2) is 0 Å². The minimum Gasteiger partial charge on any atom is -0.497 e. The number of anilines is 1. The first-order chi connectivity index (χ1) is 14.0. The molecule has 1 saturated carbocycles. The SMILES string of the molecule is COc1cccc(NC(=O)C2CCC(C(=O)NCCc3ccc(F)cc3)CC2)c1. The molecule has 0 saturated heterocycles. The molecule has 0 radical (unpaired) electrons. The van der Waals surface area contributed by atoms with Crippen molar-refractivity contribution in [3.05, 3.63) is 59.9 Å². The number of hydrogen-bond acceptors (Lipinski definition) is 3. The summed E-state index contributed by atoms with van der Waals surface area (Å²) < 4.78 is 18.1. The lowest BCUT2D eigenvalue weighted by molar-refractivity contribution is -0.128. The summed E-state index contributed by atoms with van der Waals surface area (Å²) >= 11 is 0. The van der Waals surface area contributed by atoms with Gasteiger partial charge < -0.3 is 15.4 Å². The van der Waals surface area contributed by atoms with Crippen LogP contribution in [0.15, 0.2) is 48.5 Å². The van der Waals surface area contributed by atoms with Crippen LogP contribution in [0.5, 0.6) is 5.75 Å². The van der Waals surface area contributed by atoms with Gasteiger partial charge in [0.05, 0.1) is 7.11 Å². The smallest absolute Gasteiger partial charge is 0.227 e. The molecule has 0 aliphatic heterocycles. The molecule has 2 amide bonds. The van der Waals surface area contributed by atoms with Crippen molar-refractivity contribution in [2.24, 2.45) is 11.8 Å². The summed E-state index contributed by atoms with van der Waals surface area (Å²) in [5.74, 6) is 0.342. The second-order valence-corrected chi connectivity index (χ2v) is 7.44. The van der Waals surface area contributed by atoms with Gasteiger partial charge in [0.25, 0.3) is 0 Å². The van der Waals surface area contributed by atoms with Crippen molar-refractivity contribution < 1.29 is 18.7 Å². The second kappa shape index (κ2) is 10.0. The van der Waals surface area contributed by atoms with Crippen LogP contribution >= 0.6 is 0 Å². The van der Waals surface area contributed by atoms with E-state index in [-0.39, 0.29) is 29.5 Å². The summed E-state index contributed by atoms with van der Waals surface area (Å²) in [6, 6.07) is 13.6. The number of ether oxygens (including phenoxy) is 1. The number of hydrogen-bond donors (Lipinski definition) is 2. The van der Waals surface area contributed by atoms with Crippen molar-refractivity contribution >= 4 is 17.5 Å². The van der Waals surface area contributed by atoms with Gasteiger partial charge >= 0.3 is 0 Å². The van der Waals surface area contributed by atoms with Gasteiger partial charge in [-0.3, -0.25) is 9.59 Å². The lowest BCUT2D eigenvalue weighted by Gasteiger charge is -2.27. The van der Waals surface area contributed by atoms with Crippen LogP contribution in [-0.4, -0.2) is 25.5 Å². The number of benzene rings is 2. The zero-order valence-corrected chi connectivity index (χ0v) is 16.6. The van der Waals surface area contributed by atoms with Gasteiger partial charge in [-0.05, 0) is 61.9 Å². The van der Waals surface area contributed by atoms with Gasteiger partial charge in [-0.1, -0.05) is 18.2 Å². The number of amides is 2. The van der Waals surface area contributed by atoms with E-state index in [1.54, 1.807) is 25.3 Å². The average molecular weight is 398 g/mol. The maximum Gasteiger partial charge on any atom is 0.227 e. The topological polar surface area (TPSA) is 67.4 Å². The Kier molecular flexibility index (Phi) is 7.22. The highest BCUT2D eigenvalue weighted by Gasteiger charge is 2.29. The van der Waals surface area contributed by atoms with E-state index in [2.05, 4.69) is 10.6 Å². The van der Waals surface area contributed by atoms with E-state index in [4.69, 9.17) is 4.74 Å². The second-order valence-electron chi connectivity index (χ2n) is 7.44. The average Bonchev–Trinajstić information content (AvgIpc) is 2.75. The lowest BCUT2D eigenvalue weighted by atomic mass is 9.81. The Morgan fingerprint density at radius 1 is 1.00 bits per heavy atom. The van der Waals surface area contributed by atoms with Gasteiger partial charge in [-0.15, -0.1) is 0 Å². The van der Waals surface area contributed by atoms with Gasteiger partial charge in [0.1, 0.15) is 11.6 Å². The molecule has 1 aliphatic rings. The molecule has 0 atom stereocenters. The van der Waals surface area contributed by atoms with Crippen molar-refractivity contribution in [1.82, 2.24) is 5.32 Å². The fourth-order valence-corrected chi connectivity index (χ4v) is 3.69. The van der Waals surface area contributed by atoms with E-state index in [0.29, 0.717) is 44.4 Å². The molecule has 0 heterocycles. The normalized spacial score (nSPS) is 18.7. The zero-order valence-electron chi connectivity index (χ0n) is 16.6. The van der Waals surface area contributed by atoms with E-state index in [9.17, 15) is 14.0 Å². The number of rotatable bonds is 7. The molecular weight excluding hydrogens is 371 g/mol. The van der Waals surface area contributed by atoms with Gasteiger partial charge in [0.2, 0.25) is 11.8 Å². The van der Waals surface area contributed by atoms with Gasteiger partial charge in [-0.2, -0.15) is 0 Å². The molecule has 1 aliphatic carbocycles. The molecule has 0 unspecified atom stereocenters. The summed E-state index contributed by atoms with van der Waals surface area (Å²) in [7, 11) is 1.59. The first kappa shape index (κ1) is 20.8. The standard InChI is InChI=1S/C23H27FN2O3/c1-29-21-4-2-3-20(15-21)26-23(28)18-9-7-17(8-10-18)22(27)25-14-13-16-5-11-19(24)12-6-16/h2-6,11-12,15,17-18H,7-10,13-14H2,1H3,(H,25,27)(H,26,28). The first-order valence-electron chi connectivity index (χ1n) is 10.0. The quantitative estimate of drug-likeness (QED) is 0.742. The number of halogens is 1. The van der Waals surface area contributed by atoms with Crippen molar-refractivity contribution in [3.63, 3.8) is 0 Å². The summed E-state index contributed by atoms with van der Waals surface area (Å²) in [5.41, 5.74) is 1.71. The van der Waals surface area contributed by atoms with Crippen LogP contribution in [-0.2, 0) is 16.0 Å². The predicted molar refractivity (Wildman–Crippen MR) is 110 cm³/mol. The largest absolute Gasteiger partial charge is 0.497 e. The van der Waals surface area contributed by atoms with E-state index in [1.165, 1.54) is 12.1 Å². The maximum atomic E-state index is 12.9. The molecule has 29 heavy (non-hydrogen) atoms. The van der Waals surface area contributed by atoms with Crippen LogP contribution in [0.25, 0.3) is 0 Å². The highest BCUT2D eigenvalue weighted by atomic mass is 19.1. The lowest BCUT2D eigenvalue weighted by Crippen LogP contribution is -2.36. The molecule has 154 valence electrons. The Labute approximate surface area is 170 Å². The van der Waals surface area contributed by atoms with Crippen molar-refractivity contribution in [3.8, 4) is 5.75 Å². The summed E-state index contributed by atoms with van der Waals surface area (Å²) in [5, 5.41) is 5.91. The molecule has 2 N–H and O–H groups in total. The van der Waals surface area contributed by atoms with Crippen LogP contribution in [0, 0.1) is 17.7 Å². The highest BCUT2D eigenvalue weighted by Crippen LogP contribution is 2.30. The van der Waals surface area contributed by atoms with Crippen LogP contribution in [0.1, 0.15) is 31.2 Å². The molecule has 5 nitrogen and oxygen atoms in total. The molecule has 2 aromatic carbocycles. The van der Waals surface area contributed by atoms with Crippen LogP contribution in [0.3, 0.4) is 0 Å². The maximum absolute atomic E-state index is 12.9. The Balaban J connectivity index is 1.40. The van der Waals surface area contributed by atoms with E-state index in [1.807, 2.05) is 18.2 Å². The molecule has 0 aromatic heterocycles. The van der Waals surface area contributed by atoms with Crippen LogP contribution in [0.4, 0.5) is 10.1 Å². The third kappa shape index (κ3) is 6.04. The van der Waals surface area contributed by atoms with E-state index in [0.717, 1.165) is 11.3 Å². The third-order valence-corrected chi connectivity index (χ3v) is 5.43. The fourth-order valence-electron chi connectivity index (χ4n) is 3.69. The van der Waals surface area contributed by atoms with Crippen molar-refractivity contribution in [2.45, 2.75) is 32.1 Å². The van der Waals surface area contributed by atoms with E-state index >= 15 is 0 Å². The predicted octanol–water partition coefficient (Wildman–Crippen LogP) is 3.94. The number of methoxy groups -OCH3 is 1. The zero-order chi connectivity index (χ0) is 20.6. The molecule has 2 aromatic rings. The Hall–Kier alpha value is -2.89. The number of carbonyl (C=O) groups excluding carboxylic acids is 2. The third-order valence-electron chi connectivity index (χ3n) is 5.43. The summed E-state index contributed by atoms with van der Waals surface area (Å²) in [4.78, 5) is 24.9. The monoisotopic (exact) mass is 398 g/mol. The molecule has 0 bridgehead atoms. The molecule has 3 rings (SSSR count). The first-order valence-corrected chi connectivity index (χ1v) is 10.0. The molecular formula is C23H27FN2O3. The fraction of sp³-hybridized carbons (Fsp3) is 0.391. The molecule has 0 spiro atoms. The highest BCUT2D eigenvalue weighted by molar-refractivity contribution is 5.93. The Morgan fingerprint density at radius 2 is 1.66 bits per heavy atom. The van der Waals surface area contributed by atoms with Crippen molar-refractivity contribution in [2.75, 3.05) is 19.0 Å². The van der Waals surface area contributed by atoms with Gasteiger partial charge in [-0.25, -0.2) is 4.39 Å². The minimum atomic E-state index is -0.259. The summed E-state index contributed by atoms with van der Waals surface area (Å²) in [6.45, 7) is 0.528. The minimum absolute atomic E-state index is 0.00609. The number of nitrogens with one attached hydrogen (secondary N) is 2.